The Morgan fingerprint density at radius 3 is 2.71 bits per heavy atom. The number of oxime groups is 1. The van der Waals surface area contributed by atoms with Crippen LogP contribution in [-0.4, -0.2) is 42.3 Å². The minimum Gasteiger partial charge on any atom is -0.394 e. The van der Waals surface area contributed by atoms with Crippen molar-refractivity contribution < 1.29 is 4.84 Å². The third-order valence-corrected chi connectivity index (χ3v) is 4.25. The molecule has 4 nitrogen and oxygen atoms in total. The Bertz CT molecular complexity index is 650. The summed E-state index contributed by atoms with van der Waals surface area (Å²) in [5.74, 6) is 0. The van der Waals surface area contributed by atoms with Gasteiger partial charge in [0, 0.05) is 23.2 Å². The van der Waals surface area contributed by atoms with E-state index in [-0.39, 0.29) is 0 Å². The fourth-order valence-corrected chi connectivity index (χ4v) is 2.71. The second-order valence-electron chi connectivity index (χ2n) is 5.92. The Morgan fingerprint density at radius 1 is 1.17 bits per heavy atom. The van der Waals surface area contributed by atoms with E-state index in [0.717, 1.165) is 54.6 Å². The zero-order chi connectivity index (χ0) is 17.2. The number of aryl methyl sites for hydroxylation is 1. The lowest BCUT2D eigenvalue weighted by atomic mass is 10.1. The summed E-state index contributed by atoms with van der Waals surface area (Å²) >= 11 is 0. The van der Waals surface area contributed by atoms with Gasteiger partial charge in [-0.15, -0.1) is 0 Å². The van der Waals surface area contributed by atoms with Crippen LogP contribution in [0.4, 0.5) is 0 Å². The molecule has 2 aromatic rings. The molecule has 0 aliphatic heterocycles. The molecule has 0 N–H and O–H groups in total. The van der Waals surface area contributed by atoms with E-state index < -0.39 is 0 Å². The number of fused-ring (bicyclic) bond motifs is 1. The Morgan fingerprint density at radius 2 is 1.96 bits per heavy atom. The second kappa shape index (κ2) is 10.0. The predicted octanol–water partition coefficient (Wildman–Crippen LogP) is 4.27. The summed E-state index contributed by atoms with van der Waals surface area (Å²) in [6, 6.07) is 10.3. The lowest BCUT2D eigenvalue weighted by Gasteiger charge is -2.16. The van der Waals surface area contributed by atoms with E-state index in [1.54, 1.807) is 0 Å². The van der Waals surface area contributed by atoms with Crippen LogP contribution in [0.5, 0.6) is 0 Å². The monoisotopic (exact) mass is 327 g/mol. The first-order valence-corrected chi connectivity index (χ1v) is 9.04. The van der Waals surface area contributed by atoms with Crippen molar-refractivity contribution in [2.45, 2.75) is 40.0 Å². The summed E-state index contributed by atoms with van der Waals surface area (Å²) < 4.78 is 0. The normalized spacial score (nSPS) is 11.7. The minimum atomic E-state index is 0.615. The average molecular weight is 327 g/mol. The SMILES string of the molecule is CCCCc1cc(/C=N/OCCN(CC)CC)c2ccccc2n1. The van der Waals surface area contributed by atoms with Crippen LogP contribution in [0.2, 0.25) is 0 Å². The molecular formula is C20H29N3O. The molecule has 0 bridgehead atoms. The first-order chi connectivity index (χ1) is 11.8. The maximum atomic E-state index is 5.45. The average Bonchev–Trinajstić information content (AvgIpc) is 2.62. The maximum absolute atomic E-state index is 5.45. The Hall–Kier alpha value is -1.94. The summed E-state index contributed by atoms with van der Waals surface area (Å²) in [5, 5.41) is 5.29. The minimum absolute atomic E-state index is 0.615. The number of benzene rings is 1. The van der Waals surface area contributed by atoms with Gasteiger partial charge in [-0.3, -0.25) is 4.98 Å². The van der Waals surface area contributed by atoms with E-state index in [0.29, 0.717) is 6.61 Å². The molecule has 1 aromatic heterocycles. The van der Waals surface area contributed by atoms with Crippen molar-refractivity contribution in [3.05, 3.63) is 41.6 Å². The number of hydrogen-bond acceptors (Lipinski definition) is 4. The molecular weight excluding hydrogens is 298 g/mol. The van der Waals surface area contributed by atoms with Gasteiger partial charge in [0.25, 0.3) is 0 Å². The van der Waals surface area contributed by atoms with Gasteiger partial charge < -0.3 is 9.74 Å². The molecule has 0 unspecified atom stereocenters. The summed E-state index contributed by atoms with van der Waals surface area (Å²) in [6.45, 7) is 10.1. The van der Waals surface area contributed by atoms with Crippen LogP contribution in [0.25, 0.3) is 10.9 Å². The summed E-state index contributed by atoms with van der Waals surface area (Å²) in [4.78, 5) is 12.5. The molecule has 0 atom stereocenters. The number of pyridine rings is 1. The molecule has 0 aliphatic rings. The van der Waals surface area contributed by atoms with Gasteiger partial charge in [0.15, 0.2) is 0 Å². The van der Waals surface area contributed by atoms with E-state index in [1.807, 2.05) is 18.3 Å². The van der Waals surface area contributed by atoms with Crippen molar-refractivity contribution in [2.75, 3.05) is 26.2 Å². The van der Waals surface area contributed by atoms with E-state index in [9.17, 15) is 0 Å². The Labute approximate surface area is 145 Å². The highest BCUT2D eigenvalue weighted by Crippen LogP contribution is 2.18. The van der Waals surface area contributed by atoms with Gasteiger partial charge in [-0.25, -0.2) is 0 Å². The van der Waals surface area contributed by atoms with Crippen LogP contribution in [0.3, 0.4) is 0 Å². The smallest absolute Gasteiger partial charge is 0.129 e. The zero-order valence-electron chi connectivity index (χ0n) is 15.2. The lowest BCUT2D eigenvalue weighted by molar-refractivity contribution is 0.115. The first kappa shape index (κ1) is 18.4. The van der Waals surface area contributed by atoms with Crippen molar-refractivity contribution in [2.24, 2.45) is 5.16 Å². The Balaban J connectivity index is 2.07. The number of unbranched alkanes of at least 4 members (excludes halogenated alkanes) is 1. The lowest BCUT2D eigenvalue weighted by Crippen LogP contribution is -2.26. The second-order valence-corrected chi connectivity index (χ2v) is 5.92. The molecule has 0 saturated heterocycles. The number of rotatable bonds is 10. The van der Waals surface area contributed by atoms with Crippen LogP contribution in [0, 0.1) is 0 Å². The molecule has 24 heavy (non-hydrogen) atoms. The van der Waals surface area contributed by atoms with Gasteiger partial charge in [-0.05, 0) is 38.1 Å². The summed E-state index contributed by atoms with van der Waals surface area (Å²) in [5.41, 5.74) is 3.23. The standard InChI is InChI=1S/C20H29N3O/c1-4-7-10-18-15-17(19-11-8-9-12-20(19)22-18)16-21-24-14-13-23(5-2)6-3/h8-9,11-12,15-16H,4-7,10,13-14H2,1-3H3/b21-16+. The number of likely N-dealkylation sites (N-methyl/N-ethyl adjacent to an activating group) is 1. The molecule has 0 radical (unpaired) electrons. The number of hydrogen-bond donors (Lipinski definition) is 0. The van der Waals surface area contributed by atoms with Crippen LogP contribution in [0.1, 0.15) is 44.9 Å². The van der Waals surface area contributed by atoms with Crippen LogP contribution >= 0.6 is 0 Å². The van der Waals surface area contributed by atoms with Crippen molar-refractivity contribution in [1.29, 1.82) is 0 Å². The fourth-order valence-electron chi connectivity index (χ4n) is 2.71. The van der Waals surface area contributed by atoms with Gasteiger partial charge in [-0.1, -0.05) is 50.5 Å². The number of aromatic nitrogens is 1. The highest BCUT2D eigenvalue weighted by atomic mass is 16.6. The molecule has 0 amide bonds. The van der Waals surface area contributed by atoms with Crippen molar-refractivity contribution in [3.8, 4) is 0 Å². The fraction of sp³-hybridized carbons (Fsp3) is 0.500. The zero-order valence-corrected chi connectivity index (χ0v) is 15.2. The molecule has 0 fully saturated rings. The molecule has 0 aliphatic carbocycles. The van der Waals surface area contributed by atoms with Gasteiger partial charge in [0.05, 0.1) is 11.7 Å². The van der Waals surface area contributed by atoms with E-state index in [4.69, 9.17) is 9.82 Å². The van der Waals surface area contributed by atoms with E-state index >= 15 is 0 Å². The van der Waals surface area contributed by atoms with Crippen molar-refractivity contribution in [1.82, 2.24) is 9.88 Å². The third kappa shape index (κ3) is 5.31. The van der Waals surface area contributed by atoms with E-state index in [2.05, 4.69) is 49.0 Å². The number of nitrogens with zero attached hydrogens (tertiary/aromatic N) is 3. The highest BCUT2D eigenvalue weighted by Gasteiger charge is 2.04. The predicted molar refractivity (Wildman–Crippen MR) is 102 cm³/mol. The van der Waals surface area contributed by atoms with Gasteiger partial charge in [0.2, 0.25) is 0 Å². The molecule has 130 valence electrons. The highest BCUT2D eigenvalue weighted by molar-refractivity contribution is 5.98. The summed E-state index contributed by atoms with van der Waals surface area (Å²) in [6.07, 6.45) is 5.15. The molecule has 2 rings (SSSR count). The third-order valence-electron chi connectivity index (χ3n) is 4.25. The molecule has 1 aromatic carbocycles. The Kier molecular flexibility index (Phi) is 7.69. The topological polar surface area (TPSA) is 37.7 Å². The van der Waals surface area contributed by atoms with Crippen LogP contribution in [0.15, 0.2) is 35.5 Å². The number of para-hydroxylation sites is 1. The quantitative estimate of drug-likeness (QED) is 0.371. The largest absolute Gasteiger partial charge is 0.394 e. The molecule has 0 spiro atoms. The maximum Gasteiger partial charge on any atom is 0.129 e. The van der Waals surface area contributed by atoms with E-state index in [1.165, 1.54) is 6.42 Å². The van der Waals surface area contributed by atoms with Gasteiger partial charge in [0.1, 0.15) is 6.61 Å². The molecule has 4 heteroatoms. The van der Waals surface area contributed by atoms with Crippen molar-refractivity contribution in [3.63, 3.8) is 0 Å². The van der Waals surface area contributed by atoms with Gasteiger partial charge in [-0.2, -0.15) is 0 Å². The van der Waals surface area contributed by atoms with Crippen molar-refractivity contribution >= 4 is 17.1 Å². The first-order valence-electron chi connectivity index (χ1n) is 9.04. The van der Waals surface area contributed by atoms with Crippen LogP contribution < -0.4 is 0 Å². The molecule has 1 heterocycles. The van der Waals surface area contributed by atoms with Crippen LogP contribution in [-0.2, 0) is 11.3 Å². The molecule has 0 saturated carbocycles. The summed E-state index contributed by atoms with van der Waals surface area (Å²) in [7, 11) is 0. The van der Waals surface area contributed by atoms with Gasteiger partial charge >= 0.3 is 0 Å².